The summed E-state index contributed by atoms with van der Waals surface area (Å²) in [5.74, 6) is 1.22. The lowest BCUT2D eigenvalue weighted by Gasteiger charge is -2.30. The van der Waals surface area contributed by atoms with Gasteiger partial charge in [-0.3, -0.25) is 4.79 Å². The van der Waals surface area contributed by atoms with E-state index in [1.54, 1.807) is 11.3 Å². The van der Waals surface area contributed by atoms with E-state index in [4.69, 9.17) is 4.99 Å². The Morgan fingerprint density at radius 1 is 1.19 bits per heavy atom. The second-order valence-corrected chi connectivity index (χ2v) is 8.71. The Kier molecular flexibility index (Phi) is 6.51. The summed E-state index contributed by atoms with van der Waals surface area (Å²) < 4.78 is 0. The van der Waals surface area contributed by atoms with Crippen LogP contribution in [0.1, 0.15) is 61.0 Å². The van der Waals surface area contributed by atoms with Gasteiger partial charge in [0.25, 0.3) is 0 Å². The summed E-state index contributed by atoms with van der Waals surface area (Å²) in [5.41, 5.74) is 1.07. The molecule has 0 aliphatic heterocycles. The first-order valence-electron chi connectivity index (χ1n) is 9.83. The molecule has 144 valence electrons. The molecule has 3 rings (SSSR count). The summed E-state index contributed by atoms with van der Waals surface area (Å²) in [5, 5.41) is 11.1. The van der Waals surface area contributed by atoms with Gasteiger partial charge < -0.3 is 16.0 Å². The second-order valence-electron chi connectivity index (χ2n) is 7.42. The first kappa shape index (κ1) is 19.1. The monoisotopic (exact) mass is 377 g/mol. The van der Waals surface area contributed by atoms with Crippen LogP contribution in [0.5, 0.6) is 0 Å². The fourth-order valence-electron chi connectivity index (χ4n) is 3.49. The fraction of sp³-hybridized carbons (Fsp3) is 0.737. The zero-order chi connectivity index (χ0) is 18.5. The van der Waals surface area contributed by atoms with Gasteiger partial charge in [-0.15, -0.1) is 11.3 Å². The van der Waals surface area contributed by atoms with Crippen molar-refractivity contribution in [3.8, 4) is 0 Å². The SMILES string of the molecule is CCNC(=NCc1sc(C)nc1C)NC1CCCC(C(=O)NC2CC2)C1. The number of carbonyl (C=O) groups excluding carboxylic acids is 1. The van der Waals surface area contributed by atoms with E-state index in [-0.39, 0.29) is 11.8 Å². The molecule has 2 saturated carbocycles. The molecule has 2 aliphatic carbocycles. The Labute approximate surface area is 160 Å². The molecule has 2 fully saturated rings. The Morgan fingerprint density at radius 3 is 2.65 bits per heavy atom. The van der Waals surface area contributed by atoms with E-state index in [0.29, 0.717) is 18.6 Å². The van der Waals surface area contributed by atoms with Gasteiger partial charge in [0.1, 0.15) is 0 Å². The number of nitrogens with zero attached hydrogens (tertiary/aromatic N) is 2. The van der Waals surface area contributed by atoms with Crippen molar-refractivity contribution < 1.29 is 4.79 Å². The number of aliphatic imine (C=N–C) groups is 1. The molecule has 2 aliphatic rings. The zero-order valence-corrected chi connectivity index (χ0v) is 16.9. The van der Waals surface area contributed by atoms with Gasteiger partial charge in [-0.05, 0) is 52.9 Å². The minimum Gasteiger partial charge on any atom is -0.357 e. The lowest BCUT2D eigenvalue weighted by Crippen LogP contribution is -2.47. The highest BCUT2D eigenvalue weighted by Crippen LogP contribution is 2.27. The highest BCUT2D eigenvalue weighted by molar-refractivity contribution is 7.11. The van der Waals surface area contributed by atoms with Gasteiger partial charge in [-0.1, -0.05) is 6.42 Å². The van der Waals surface area contributed by atoms with Crippen LogP contribution in [0, 0.1) is 19.8 Å². The minimum atomic E-state index is 0.135. The van der Waals surface area contributed by atoms with E-state index in [0.717, 1.165) is 61.7 Å². The molecule has 7 heteroatoms. The van der Waals surface area contributed by atoms with Gasteiger partial charge in [0.2, 0.25) is 5.91 Å². The average molecular weight is 378 g/mol. The summed E-state index contributed by atoms with van der Waals surface area (Å²) in [6.45, 7) is 7.62. The Balaban J connectivity index is 1.56. The van der Waals surface area contributed by atoms with Crippen molar-refractivity contribution in [2.24, 2.45) is 10.9 Å². The van der Waals surface area contributed by atoms with Crippen molar-refractivity contribution in [2.45, 2.75) is 77.9 Å². The predicted octanol–water partition coefficient (Wildman–Crippen LogP) is 2.65. The number of aromatic nitrogens is 1. The van der Waals surface area contributed by atoms with E-state index in [1.165, 1.54) is 4.88 Å². The first-order valence-corrected chi connectivity index (χ1v) is 10.6. The second kappa shape index (κ2) is 8.84. The van der Waals surface area contributed by atoms with Crippen molar-refractivity contribution in [2.75, 3.05) is 6.54 Å². The standard InChI is InChI=1S/C19H31N5OS/c1-4-20-19(21-11-17-12(2)22-13(3)26-17)24-16-7-5-6-14(10-16)18(25)23-15-8-9-15/h14-16H,4-11H2,1-3H3,(H,23,25)(H2,20,21,24). The van der Waals surface area contributed by atoms with Crippen molar-refractivity contribution in [3.05, 3.63) is 15.6 Å². The normalized spacial score (nSPS) is 23.6. The molecule has 2 atom stereocenters. The highest BCUT2D eigenvalue weighted by atomic mass is 32.1. The predicted molar refractivity (Wildman–Crippen MR) is 106 cm³/mol. The van der Waals surface area contributed by atoms with Crippen molar-refractivity contribution in [1.82, 2.24) is 20.9 Å². The van der Waals surface area contributed by atoms with Gasteiger partial charge in [-0.2, -0.15) is 0 Å². The molecule has 0 aromatic carbocycles. The number of rotatable bonds is 6. The maximum Gasteiger partial charge on any atom is 0.223 e. The Hall–Kier alpha value is -1.63. The number of hydrogen-bond acceptors (Lipinski definition) is 4. The molecule has 0 bridgehead atoms. The molecule has 0 radical (unpaired) electrons. The largest absolute Gasteiger partial charge is 0.357 e. The van der Waals surface area contributed by atoms with Crippen molar-refractivity contribution in [3.63, 3.8) is 0 Å². The van der Waals surface area contributed by atoms with Gasteiger partial charge in [-0.25, -0.2) is 9.98 Å². The third-order valence-electron chi connectivity index (χ3n) is 5.03. The maximum atomic E-state index is 12.4. The van der Waals surface area contributed by atoms with E-state index < -0.39 is 0 Å². The molecule has 1 amide bonds. The summed E-state index contributed by atoms with van der Waals surface area (Å²) >= 11 is 1.71. The van der Waals surface area contributed by atoms with Crippen molar-refractivity contribution >= 4 is 23.2 Å². The van der Waals surface area contributed by atoms with Crippen LogP contribution in [0.3, 0.4) is 0 Å². The molecule has 2 unspecified atom stereocenters. The molecule has 26 heavy (non-hydrogen) atoms. The van der Waals surface area contributed by atoms with Crippen LogP contribution in [0.2, 0.25) is 0 Å². The fourth-order valence-corrected chi connectivity index (χ4v) is 4.35. The summed E-state index contributed by atoms with van der Waals surface area (Å²) in [6.07, 6.45) is 6.37. The number of thiazole rings is 1. The quantitative estimate of drug-likeness (QED) is 0.526. The number of carbonyl (C=O) groups is 1. The molecular formula is C19H31N5OS. The van der Waals surface area contributed by atoms with Gasteiger partial charge in [0.15, 0.2) is 5.96 Å². The highest BCUT2D eigenvalue weighted by Gasteiger charge is 2.31. The number of nitrogens with one attached hydrogen (secondary N) is 3. The lowest BCUT2D eigenvalue weighted by atomic mass is 9.85. The molecule has 3 N–H and O–H groups in total. The topological polar surface area (TPSA) is 78.4 Å². The minimum absolute atomic E-state index is 0.135. The van der Waals surface area contributed by atoms with Crippen molar-refractivity contribution in [1.29, 1.82) is 0 Å². The van der Waals surface area contributed by atoms with E-state index in [1.807, 2.05) is 13.8 Å². The van der Waals surface area contributed by atoms with Crippen LogP contribution in [-0.2, 0) is 11.3 Å². The molecule has 0 saturated heterocycles. The lowest BCUT2D eigenvalue weighted by molar-refractivity contribution is -0.126. The number of hydrogen-bond donors (Lipinski definition) is 3. The van der Waals surface area contributed by atoms with E-state index in [2.05, 4.69) is 27.9 Å². The number of guanidine groups is 1. The molecule has 0 spiro atoms. The zero-order valence-electron chi connectivity index (χ0n) is 16.1. The molecular weight excluding hydrogens is 346 g/mol. The molecule has 6 nitrogen and oxygen atoms in total. The summed E-state index contributed by atoms with van der Waals surface area (Å²) in [7, 11) is 0. The molecule has 1 heterocycles. The van der Waals surface area contributed by atoms with Crippen LogP contribution in [-0.4, -0.2) is 35.5 Å². The Bertz CT molecular complexity index is 652. The van der Waals surface area contributed by atoms with Gasteiger partial charge in [0.05, 0.1) is 17.2 Å². The Morgan fingerprint density at radius 2 is 2.00 bits per heavy atom. The smallest absolute Gasteiger partial charge is 0.223 e. The van der Waals surface area contributed by atoms with Crippen LogP contribution in [0.4, 0.5) is 0 Å². The first-order chi connectivity index (χ1) is 12.5. The van der Waals surface area contributed by atoms with Crippen LogP contribution in [0.25, 0.3) is 0 Å². The number of amides is 1. The molecule has 1 aromatic rings. The summed E-state index contributed by atoms with van der Waals surface area (Å²) in [4.78, 5) is 22.8. The third kappa shape index (κ3) is 5.43. The maximum absolute atomic E-state index is 12.4. The summed E-state index contributed by atoms with van der Waals surface area (Å²) in [6, 6.07) is 0.751. The van der Waals surface area contributed by atoms with E-state index in [9.17, 15) is 4.79 Å². The van der Waals surface area contributed by atoms with Crippen LogP contribution in [0.15, 0.2) is 4.99 Å². The number of aryl methyl sites for hydroxylation is 2. The van der Waals surface area contributed by atoms with E-state index >= 15 is 0 Å². The molecule has 1 aromatic heterocycles. The van der Waals surface area contributed by atoms with Crippen LogP contribution < -0.4 is 16.0 Å². The van der Waals surface area contributed by atoms with Gasteiger partial charge >= 0.3 is 0 Å². The average Bonchev–Trinajstić information content (AvgIpc) is 3.36. The van der Waals surface area contributed by atoms with Gasteiger partial charge in [0, 0.05) is 29.4 Å². The third-order valence-corrected chi connectivity index (χ3v) is 6.09. The van der Waals surface area contributed by atoms with Crippen LogP contribution >= 0.6 is 11.3 Å².